The minimum atomic E-state index is -3.28. The highest BCUT2D eigenvalue weighted by molar-refractivity contribution is 7.90. The minimum Gasteiger partial charge on any atom is -0.457 e. The highest BCUT2D eigenvalue weighted by Crippen LogP contribution is 2.27. The maximum atomic E-state index is 12.4. The van der Waals surface area contributed by atoms with Crippen LogP contribution in [0.4, 0.5) is 0 Å². The number of nitrogens with one attached hydrogen (secondary N) is 1. The summed E-state index contributed by atoms with van der Waals surface area (Å²) in [6.45, 7) is 1.54. The van der Waals surface area contributed by atoms with Crippen molar-refractivity contribution in [2.24, 2.45) is 7.05 Å². The van der Waals surface area contributed by atoms with Gasteiger partial charge in [0.25, 0.3) is 5.56 Å². The molecular formula is C22H22N4O6S. The maximum absolute atomic E-state index is 12.4. The first-order valence-electron chi connectivity index (χ1n) is 10.0. The van der Waals surface area contributed by atoms with Gasteiger partial charge in [0.1, 0.15) is 17.3 Å². The zero-order valence-electron chi connectivity index (χ0n) is 18.1. The second-order valence-corrected chi connectivity index (χ2v) is 9.77. The summed E-state index contributed by atoms with van der Waals surface area (Å²) >= 11 is 0. The largest absolute Gasteiger partial charge is 0.457 e. The number of aliphatic hydroxyl groups excluding tert-OH is 1. The lowest BCUT2D eigenvalue weighted by molar-refractivity contribution is 0.173. The summed E-state index contributed by atoms with van der Waals surface area (Å²) in [5, 5.41) is 9.73. The van der Waals surface area contributed by atoms with E-state index < -0.39 is 27.2 Å². The quantitative estimate of drug-likeness (QED) is 0.437. The standard InChI is InChI=1S/C22H22N4O6S/c1-13(27)12-26-20-18(21(28)24-22(26)29)25(2)19(23-20)14-4-6-15(7-5-14)32-16-8-10-17(11-9-16)33(3,30)31/h4-11,13,27H,12H2,1-3H3,(H,24,28,29). The molecule has 10 nitrogen and oxygen atoms in total. The molecule has 0 aliphatic rings. The average Bonchev–Trinajstić information content (AvgIpc) is 3.09. The van der Waals surface area contributed by atoms with Crippen LogP contribution in [0.3, 0.4) is 0 Å². The summed E-state index contributed by atoms with van der Waals surface area (Å²) in [6, 6.07) is 13.0. The van der Waals surface area contributed by atoms with E-state index >= 15 is 0 Å². The lowest BCUT2D eigenvalue weighted by Crippen LogP contribution is -2.33. The average molecular weight is 471 g/mol. The molecule has 2 aromatic heterocycles. The van der Waals surface area contributed by atoms with Gasteiger partial charge in [-0.3, -0.25) is 14.3 Å². The molecule has 11 heteroatoms. The molecule has 4 rings (SSSR count). The number of hydrogen-bond acceptors (Lipinski definition) is 7. The number of ether oxygens (including phenoxy) is 1. The van der Waals surface area contributed by atoms with Gasteiger partial charge in [0.15, 0.2) is 21.0 Å². The molecule has 0 saturated carbocycles. The van der Waals surface area contributed by atoms with Crippen LogP contribution in [0.15, 0.2) is 63.0 Å². The van der Waals surface area contributed by atoms with Gasteiger partial charge in [0, 0.05) is 18.9 Å². The Morgan fingerprint density at radius 3 is 2.18 bits per heavy atom. The van der Waals surface area contributed by atoms with Crippen molar-refractivity contribution < 1.29 is 18.3 Å². The molecule has 0 amide bonds. The Balaban J connectivity index is 1.67. The predicted molar refractivity (Wildman–Crippen MR) is 122 cm³/mol. The Hall–Kier alpha value is -3.70. The van der Waals surface area contributed by atoms with Crippen molar-refractivity contribution in [3.8, 4) is 22.9 Å². The van der Waals surface area contributed by atoms with E-state index in [1.54, 1.807) is 54.9 Å². The number of fused-ring (bicyclic) bond motifs is 1. The summed E-state index contributed by atoms with van der Waals surface area (Å²) in [5.41, 5.74) is -0.104. The molecular weight excluding hydrogens is 448 g/mol. The highest BCUT2D eigenvalue weighted by atomic mass is 32.2. The molecule has 0 saturated heterocycles. The summed E-state index contributed by atoms with van der Waals surface area (Å²) in [6.07, 6.45) is 0.338. The molecule has 0 aliphatic carbocycles. The summed E-state index contributed by atoms with van der Waals surface area (Å²) < 4.78 is 31.8. The first kappa shape index (κ1) is 22.5. The Labute approximate surface area is 188 Å². The predicted octanol–water partition coefficient (Wildman–Crippen LogP) is 1.67. The molecule has 0 aliphatic heterocycles. The zero-order chi connectivity index (χ0) is 23.9. The smallest absolute Gasteiger partial charge is 0.330 e. The van der Waals surface area contributed by atoms with Crippen molar-refractivity contribution in [3.05, 3.63) is 69.4 Å². The van der Waals surface area contributed by atoms with Gasteiger partial charge in [-0.15, -0.1) is 0 Å². The normalized spacial score (nSPS) is 12.7. The third kappa shape index (κ3) is 4.45. The van der Waals surface area contributed by atoms with E-state index in [2.05, 4.69) is 9.97 Å². The summed E-state index contributed by atoms with van der Waals surface area (Å²) in [7, 11) is -1.61. The zero-order valence-corrected chi connectivity index (χ0v) is 19.0. The topological polar surface area (TPSA) is 136 Å². The fraction of sp³-hybridized carbons (Fsp3) is 0.227. The maximum Gasteiger partial charge on any atom is 0.330 e. The van der Waals surface area contributed by atoms with E-state index in [4.69, 9.17) is 4.74 Å². The van der Waals surface area contributed by atoms with E-state index in [1.807, 2.05) is 0 Å². The number of aromatic amines is 1. The van der Waals surface area contributed by atoms with Gasteiger partial charge >= 0.3 is 5.69 Å². The van der Waals surface area contributed by atoms with Gasteiger partial charge in [-0.1, -0.05) is 0 Å². The Morgan fingerprint density at radius 2 is 1.64 bits per heavy atom. The summed E-state index contributed by atoms with van der Waals surface area (Å²) in [4.78, 5) is 31.6. The molecule has 172 valence electrons. The van der Waals surface area contributed by atoms with Crippen LogP contribution >= 0.6 is 0 Å². The Bertz CT molecular complexity index is 1550. The third-order valence-electron chi connectivity index (χ3n) is 5.06. The number of aromatic nitrogens is 4. The fourth-order valence-electron chi connectivity index (χ4n) is 3.50. The van der Waals surface area contributed by atoms with Crippen molar-refractivity contribution in [1.82, 2.24) is 19.1 Å². The molecule has 2 N–H and O–H groups in total. The monoisotopic (exact) mass is 470 g/mol. The first-order valence-corrected chi connectivity index (χ1v) is 11.9. The number of aliphatic hydroxyl groups is 1. The molecule has 33 heavy (non-hydrogen) atoms. The molecule has 2 aromatic carbocycles. The van der Waals surface area contributed by atoms with Crippen LogP contribution in [0, 0.1) is 0 Å². The van der Waals surface area contributed by atoms with Gasteiger partial charge in [-0.05, 0) is 55.5 Å². The van der Waals surface area contributed by atoms with Crippen molar-refractivity contribution >= 4 is 21.0 Å². The number of rotatable bonds is 6. The van der Waals surface area contributed by atoms with Crippen LogP contribution in [-0.4, -0.2) is 45.0 Å². The van der Waals surface area contributed by atoms with Crippen LogP contribution in [0.5, 0.6) is 11.5 Å². The van der Waals surface area contributed by atoms with E-state index in [-0.39, 0.29) is 22.6 Å². The number of benzene rings is 2. The van der Waals surface area contributed by atoms with Gasteiger partial charge in [-0.2, -0.15) is 0 Å². The molecule has 0 bridgehead atoms. The Kier molecular flexibility index (Phi) is 5.68. The van der Waals surface area contributed by atoms with Crippen LogP contribution in [0.1, 0.15) is 6.92 Å². The van der Waals surface area contributed by atoms with Crippen molar-refractivity contribution in [1.29, 1.82) is 0 Å². The van der Waals surface area contributed by atoms with Gasteiger partial charge in [0.2, 0.25) is 0 Å². The number of imidazole rings is 1. The van der Waals surface area contributed by atoms with Crippen molar-refractivity contribution in [3.63, 3.8) is 0 Å². The molecule has 4 aromatic rings. The fourth-order valence-corrected chi connectivity index (χ4v) is 4.13. The van der Waals surface area contributed by atoms with Crippen LogP contribution in [-0.2, 0) is 23.4 Å². The van der Waals surface area contributed by atoms with Crippen molar-refractivity contribution in [2.45, 2.75) is 24.5 Å². The van der Waals surface area contributed by atoms with E-state index in [1.165, 1.54) is 16.7 Å². The number of hydrogen-bond donors (Lipinski definition) is 2. The summed E-state index contributed by atoms with van der Waals surface area (Å²) in [5.74, 6) is 1.46. The molecule has 1 atom stereocenters. The number of sulfone groups is 1. The van der Waals surface area contributed by atoms with E-state index in [0.29, 0.717) is 22.9 Å². The van der Waals surface area contributed by atoms with Crippen LogP contribution in [0.2, 0.25) is 0 Å². The van der Waals surface area contributed by atoms with Gasteiger partial charge < -0.3 is 14.4 Å². The molecule has 0 fully saturated rings. The lowest BCUT2D eigenvalue weighted by Gasteiger charge is -2.08. The van der Waals surface area contributed by atoms with Gasteiger partial charge in [-0.25, -0.2) is 18.2 Å². The van der Waals surface area contributed by atoms with E-state index in [9.17, 15) is 23.1 Å². The van der Waals surface area contributed by atoms with Gasteiger partial charge in [0.05, 0.1) is 17.5 Å². The first-order chi connectivity index (χ1) is 15.5. The number of nitrogens with zero attached hydrogens (tertiary/aromatic N) is 3. The SMILES string of the molecule is CC(O)Cn1c(=O)[nH]c(=O)c2c1nc(-c1ccc(Oc3ccc(S(C)(=O)=O)cc3)cc1)n2C. The molecule has 2 heterocycles. The highest BCUT2D eigenvalue weighted by Gasteiger charge is 2.18. The second-order valence-electron chi connectivity index (χ2n) is 7.76. The number of H-pyrrole nitrogens is 1. The van der Waals surface area contributed by atoms with Crippen molar-refractivity contribution in [2.75, 3.05) is 6.26 Å². The minimum absolute atomic E-state index is 0.00648. The lowest BCUT2D eigenvalue weighted by atomic mass is 10.2. The molecule has 1 unspecified atom stereocenters. The molecule has 0 spiro atoms. The molecule has 0 radical (unpaired) electrons. The third-order valence-corrected chi connectivity index (χ3v) is 6.19. The second kappa shape index (κ2) is 8.34. The Morgan fingerprint density at radius 1 is 1.06 bits per heavy atom. The van der Waals surface area contributed by atoms with Crippen LogP contribution < -0.4 is 16.0 Å². The van der Waals surface area contributed by atoms with E-state index in [0.717, 1.165) is 6.26 Å². The van der Waals surface area contributed by atoms with Crippen LogP contribution in [0.25, 0.3) is 22.6 Å². The number of aryl methyl sites for hydroxylation is 1.